The van der Waals surface area contributed by atoms with E-state index in [4.69, 9.17) is 28.4 Å². The predicted octanol–water partition coefficient (Wildman–Crippen LogP) is 0.401. The van der Waals surface area contributed by atoms with E-state index in [9.17, 15) is 4.79 Å². The van der Waals surface area contributed by atoms with Crippen molar-refractivity contribution in [1.29, 1.82) is 0 Å². The van der Waals surface area contributed by atoms with Crippen LogP contribution >= 0.6 is 0 Å². The fourth-order valence-electron chi connectivity index (χ4n) is 2.48. The van der Waals surface area contributed by atoms with Crippen LogP contribution in [0.1, 0.15) is 19.3 Å². The van der Waals surface area contributed by atoms with Crippen LogP contribution in [0.4, 0.5) is 0 Å². The molecule has 1 saturated heterocycles. The number of carbonyl (C=O) groups excluding carboxylic acids is 1. The quantitative estimate of drug-likeness (QED) is 0.241. The number of nitrogens with one attached hydrogen (secondary N) is 1. The van der Waals surface area contributed by atoms with E-state index < -0.39 is 0 Å². The molecule has 0 saturated carbocycles. The van der Waals surface area contributed by atoms with Crippen molar-refractivity contribution in [2.75, 3.05) is 92.9 Å². The first kappa shape index (κ1) is 25.2. The minimum Gasteiger partial charge on any atom is -0.469 e. The summed E-state index contributed by atoms with van der Waals surface area (Å²) in [6.45, 7) is 7.78. The Morgan fingerprint density at radius 1 is 0.714 bits per heavy atom. The zero-order valence-corrected chi connectivity index (χ0v) is 17.2. The fourth-order valence-corrected chi connectivity index (χ4v) is 2.48. The van der Waals surface area contributed by atoms with Gasteiger partial charge in [-0.2, -0.15) is 0 Å². The molecule has 166 valence electrons. The number of hydrogen-bond acceptors (Lipinski definition) is 9. The van der Waals surface area contributed by atoms with Crippen LogP contribution in [0.3, 0.4) is 0 Å². The molecule has 1 aliphatic rings. The summed E-state index contributed by atoms with van der Waals surface area (Å²) in [6.07, 6.45) is 2.80. The molecule has 9 nitrogen and oxygen atoms in total. The number of methoxy groups -OCH3 is 1. The Hall–Kier alpha value is -0.810. The van der Waals surface area contributed by atoms with Crippen LogP contribution in [0.5, 0.6) is 0 Å². The predicted molar refractivity (Wildman–Crippen MR) is 103 cm³/mol. The zero-order valence-electron chi connectivity index (χ0n) is 17.2. The van der Waals surface area contributed by atoms with Crippen LogP contribution in [0.15, 0.2) is 0 Å². The van der Waals surface area contributed by atoms with Crippen molar-refractivity contribution in [3.8, 4) is 0 Å². The smallest absolute Gasteiger partial charge is 0.307 e. The van der Waals surface area contributed by atoms with E-state index in [0.717, 1.165) is 25.9 Å². The van der Waals surface area contributed by atoms with E-state index in [-0.39, 0.29) is 12.4 Å². The molecule has 0 bridgehead atoms. The van der Waals surface area contributed by atoms with E-state index in [0.29, 0.717) is 78.8 Å². The molecule has 0 amide bonds. The summed E-state index contributed by atoms with van der Waals surface area (Å²) in [6, 6.07) is 0. The van der Waals surface area contributed by atoms with Crippen molar-refractivity contribution in [2.24, 2.45) is 0 Å². The van der Waals surface area contributed by atoms with Crippen molar-refractivity contribution in [1.82, 2.24) is 5.32 Å². The van der Waals surface area contributed by atoms with Gasteiger partial charge in [-0.05, 0) is 25.9 Å². The van der Waals surface area contributed by atoms with E-state index >= 15 is 0 Å². The van der Waals surface area contributed by atoms with Gasteiger partial charge in [0.2, 0.25) is 0 Å². The van der Waals surface area contributed by atoms with Crippen LogP contribution in [0.2, 0.25) is 0 Å². The lowest BCUT2D eigenvalue weighted by Gasteiger charge is -2.22. The molecular formula is C19H37NO8. The van der Waals surface area contributed by atoms with Gasteiger partial charge in [0.1, 0.15) is 0 Å². The van der Waals surface area contributed by atoms with Gasteiger partial charge in [0.25, 0.3) is 0 Å². The van der Waals surface area contributed by atoms with Crippen molar-refractivity contribution in [2.45, 2.75) is 25.4 Å². The lowest BCUT2D eigenvalue weighted by atomic mass is 10.1. The SMILES string of the molecule is COC(=O)CCOCCOCCOCCOCCOCCOC1CCNCC1. The van der Waals surface area contributed by atoms with Gasteiger partial charge >= 0.3 is 5.97 Å². The molecule has 0 aromatic carbocycles. The lowest BCUT2D eigenvalue weighted by Crippen LogP contribution is -2.33. The lowest BCUT2D eigenvalue weighted by molar-refractivity contribution is -0.141. The summed E-state index contributed by atoms with van der Waals surface area (Å²) < 4.78 is 37.2. The van der Waals surface area contributed by atoms with Gasteiger partial charge in [-0.15, -0.1) is 0 Å². The molecule has 9 heteroatoms. The minimum atomic E-state index is -0.273. The fraction of sp³-hybridized carbons (Fsp3) is 0.947. The molecule has 1 rings (SSSR count). The summed E-state index contributed by atoms with van der Waals surface area (Å²) in [5, 5.41) is 3.31. The summed E-state index contributed by atoms with van der Waals surface area (Å²) in [5.41, 5.74) is 0. The van der Waals surface area contributed by atoms with E-state index in [2.05, 4.69) is 10.1 Å². The van der Waals surface area contributed by atoms with Crippen molar-refractivity contribution >= 4 is 5.97 Å². The monoisotopic (exact) mass is 407 g/mol. The maximum absolute atomic E-state index is 10.9. The molecule has 1 fully saturated rings. The number of rotatable bonds is 19. The number of ether oxygens (including phenoxy) is 7. The minimum absolute atomic E-state index is 0.261. The Bertz CT molecular complexity index is 353. The molecule has 0 unspecified atom stereocenters. The number of carbonyl (C=O) groups is 1. The van der Waals surface area contributed by atoms with Gasteiger partial charge in [-0.3, -0.25) is 4.79 Å². The standard InChI is InChI=1S/C19H37NO8/c1-22-19(21)4-7-23-8-9-24-10-11-25-12-13-26-14-15-27-16-17-28-18-2-5-20-6-3-18/h18,20H,2-17H2,1H3. The first-order valence-corrected chi connectivity index (χ1v) is 10.1. The highest BCUT2D eigenvalue weighted by Gasteiger charge is 2.12. The molecule has 1 heterocycles. The molecule has 0 spiro atoms. The molecule has 28 heavy (non-hydrogen) atoms. The van der Waals surface area contributed by atoms with Crippen LogP contribution in [0, 0.1) is 0 Å². The summed E-state index contributed by atoms with van der Waals surface area (Å²) in [7, 11) is 1.36. The Morgan fingerprint density at radius 3 is 1.61 bits per heavy atom. The van der Waals surface area contributed by atoms with Crippen LogP contribution in [-0.4, -0.2) is 105 Å². The third-order valence-electron chi connectivity index (χ3n) is 4.03. The molecule has 0 aromatic rings. The first-order chi connectivity index (χ1) is 13.8. The summed E-state index contributed by atoms with van der Waals surface area (Å²) in [5.74, 6) is -0.273. The summed E-state index contributed by atoms with van der Waals surface area (Å²) >= 11 is 0. The highest BCUT2D eigenvalue weighted by molar-refractivity contribution is 5.69. The average Bonchev–Trinajstić information content (AvgIpc) is 2.73. The average molecular weight is 408 g/mol. The largest absolute Gasteiger partial charge is 0.469 e. The zero-order chi connectivity index (χ0) is 20.1. The van der Waals surface area contributed by atoms with Gasteiger partial charge in [-0.1, -0.05) is 0 Å². The molecule has 1 aliphatic heterocycles. The molecule has 0 aliphatic carbocycles. The third kappa shape index (κ3) is 16.2. The van der Waals surface area contributed by atoms with Crippen molar-refractivity contribution in [3.63, 3.8) is 0 Å². The Labute approximate surface area is 168 Å². The van der Waals surface area contributed by atoms with Crippen molar-refractivity contribution in [3.05, 3.63) is 0 Å². The normalized spacial score (nSPS) is 15.0. The second kappa shape index (κ2) is 19.5. The Balaban J connectivity index is 1.66. The summed E-state index contributed by atoms with van der Waals surface area (Å²) in [4.78, 5) is 10.9. The van der Waals surface area contributed by atoms with E-state index in [1.54, 1.807) is 0 Å². The second-order valence-electron chi connectivity index (χ2n) is 6.21. The maximum atomic E-state index is 10.9. The van der Waals surface area contributed by atoms with Gasteiger partial charge < -0.3 is 38.5 Å². The molecule has 0 aromatic heterocycles. The van der Waals surface area contributed by atoms with Crippen LogP contribution in [0.25, 0.3) is 0 Å². The van der Waals surface area contributed by atoms with Crippen LogP contribution < -0.4 is 5.32 Å². The number of hydrogen-bond donors (Lipinski definition) is 1. The van der Waals surface area contributed by atoms with Gasteiger partial charge in [-0.25, -0.2) is 0 Å². The van der Waals surface area contributed by atoms with Gasteiger partial charge in [0.05, 0.1) is 92.3 Å². The second-order valence-corrected chi connectivity index (χ2v) is 6.21. The number of esters is 1. The first-order valence-electron chi connectivity index (χ1n) is 10.1. The molecule has 0 atom stereocenters. The highest BCUT2D eigenvalue weighted by atomic mass is 16.6. The molecular weight excluding hydrogens is 370 g/mol. The molecule has 0 radical (unpaired) electrons. The van der Waals surface area contributed by atoms with E-state index in [1.807, 2.05) is 0 Å². The van der Waals surface area contributed by atoms with Crippen LogP contribution in [-0.2, 0) is 38.0 Å². The van der Waals surface area contributed by atoms with Gasteiger partial charge in [0.15, 0.2) is 0 Å². The Morgan fingerprint density at radius 2 is 1.14 bits per heavy atom. The van der Waals surface area contributed by atoms with E-state index in [1.165, 1.54) is 7.11 Å². The van der Waals surface area contributed by atoms with Crippen molar-refractivity contribution < 1.29 is 38.0 Å². The topological polar surface area (TPSA) is 93.7 Å². The van der Waals surface area contributed by atoms with Gasteiger partial charge in [0, 0.05) is 0 Å². The Kier molecular flexibility index (Phi) is 17.6. The number of piperidine rings is 1. The molecule has 1 N–H and O–H groups in total. The highest BCUT2D eigenvalue weighted by Crippen LogP contribution is 2.06. The maximum Gasteiger partial charge on any atom is 0.307 e. The third-order valence-corrected chi connectivity index (χ3v) is 4.03.